The van der Waals surface area contributed by atoms with Crippen molar-refractivity contribution < 1.29 is 34.0 Å². The number of phenols is 1. The Labute approximate surface area is 287 Å². The van der Waals surface area contributed by atoms with Crippen molar-refractivity contribution in [2.24, 2.45) is 50.2 Å². The highest BCUT2D eigenvalue weighted by molar-refractivity contribution is 5.87. The van der Waals surface area contributed by atoms with Crippen molar-refractivity contribution in [1.82, 2.24) is 0 Å². The second-order valence-electron chi connectivity index (χ2n) is 17.9. The third-order valence-corrected chi connectivity index (χ3v) is 15.0. The molecule has 0 heterocycles. The third-order valence-electron chi connectivity index (χ3n) is 15.0. The number of benzene rings is 1. The fourth-order valence-corrected chi connectivity index (χ4v) is 12.1. The first kappa shape index (κ1) is 35.0. The molecule has 5 aliphatic rings. The molecule has 4 fully saturated rings. The lowest BCUT2D eigenvalue weighted by atomic mass is 9.33. The maximum atomic E-state index is 13.8. The maximum absolute atomic E-state index is 13.8. The number of hydrogen-bond acceptors (Lipinski definition) is 7. The summed E-state index contributed by atoms with van der Waals surface area (Å²) in [5.41, 5.74) is 0.884. The van der Waals surface area contributed by atoms with E-state index in [1.807, 2.05) is 0 Å². The van der Waals surface area contributed by atoms with Crippen LogP contribution in [0, 0.1) is 50.2 Å². The second kappa shape index (κ2) is 11.9. The minimum atomic E-state index is -0.553. The molecule has 5 aliphatic carbocycles. The van der Waals surface area contributed by atoms with Gasteiger partial charge in [0.05, 0.1) is 25.7 Å². The molecule has 1 aromatic carbocycles. The van der Waals surface area contributed by atoms with Crippen molar-refractivity contribution in [2.75, 3.05) is 20.8 Å². The predicted molar refractivity (Wildman–Crippen MR) is 186 cm³/mol. The quantitative estimate of drug-likeness (QED) is 0.180. The molecule has 6 rings (SSSR count). The Hall–Kier alpha value is -2.80. The number of aliphatic hydroxyl groups is 1. The van der Waals surface area contributed by atoms with Gasteiger partial charge < -0.3 is 24.4 Å². The Kier molecular flexibility index (Phi) is 8.70. The summed E-state index contributed by atoms with van der Waals surface area (Å²) in [7, 11) is 3.03. The van der Waals surface area contributed by atoms with Crippen LogP contribution in [0.1, 0.15) is 111 Å². The molecule has 0 spiro atoms. The van der Waals surface area contributed by atoms with Crippen molar-refractivity contribution in [1.29, 1.82) is 0 Å². The summed E-state index contributed by atoms with van der Waals surface area (Å²) in [6, 6.07) is 4.96. The molecule has 7 nitrogen and oxygen atoms in total. The number of allylic oxidation sites excluding steroid dienone is 1. The molecule has 1 aromatic rings. The number of hydrogen-bond donors (Lipinski definition) is 2. The summed E-state index contributed by atoms with van der Waals surface area (Å²) in [5.74, 6) is 0.688. The van der Waals surface area contributed by atoms with E-state index in [9.17, 15) is 19.8 Å². The first-order valence-corrected chi connectivity index (χ1v) is 18.2. The smallest absolute Gasteiger partial charge is 0.330 e. The van der Waals surface area contributed by atoms with Crippen molar-refractivity contribution in [3.63, 3.8) is 0 Å². The van der Waals surface area contributed by atoms with Gasteiger partial charge in [0, 0.05) is 11.5 Å². The first-order valence-electron chi connectivity index (χ1n) is 18.2. The molecule has 0 aromatic heterocycles. The van der Waals surface area contributed by atoms with Crippen LogP contribution < -0.4 is 4.74 Å². The molecule has 0 saturated heterocycles. The number of ether oxygens (including phenoxy) is 3. The topological polar surface area (TPSA) is 102 Å². The molecule has 0 radical (unpaired) electrons. The predicted octanol–water partition coefficient (Wildman–Crippen LogP) is 8.27. The Balaban J connectivity index is 1.40. The molecule has 0 amide bonds. The molecule has 8 atom stereocenters. The lowest BCUT2D eigenvalue weighted by Gasteiger charge is -2.71. The molecule has 0 aliphatic heterocycles. The minimum Gasteiger partial charge on any atom is -0.504 e. The van der Waals surface area contributed by atoms with Crippen molar-refractivity contribution in [3.8, 4) is 11.5 Å². The summed E-state index contributed by atoms with van der Waals surface area (Å²) in [6.45, 7) is 14.4. The number of phenolic OH excluding ortho intramolecular Hbond substituents is 1. The molecular formula is C41H58O7. The number of aromatic hydroxyl groups is 1. The van der Waals surface area contributed by atoms with E-state index in [-0.39, 0.29) is 52.0 Å². The average molecular weight is 663 g/mol. The third kappa shape index (κ3) is 5.15. The fourth-order valence-electron chi connectivity index (χ4n) is 12.1. The zero-order valence-electron chi connectivity index (χ0n) is 30.5. The molecule has 0 bridgehead atoms. The molecule has 4 saturated carbocycles. The normalized spacial score (nSPS) is 39.6. The van der Waals surface area contributed by atoms with Gasteiger partial charge in [0.15, 0.2) is 11.5 Å². The zero-order chi connectivity index (χ0) is 34.9. The summed E-state index contributed by atoms with van der Waals surface area (Å²) in [4.78, 5) is 27.3. The zero-order valence-corrected chi connectivity index (χ0v) is 30.5. The number of methoxy groups -OCH3 is 2. The van der Waals surface area contributed by atoms with Gasteiger partial charge in [0.1, 0.15) is 6.61 Å². The number of rotatable bonds is 6. The van der Waals surface area contributed by atoms with Gasteiger partial charge in [-0.25, -0.2) is 4.79 Å². The largest absolute Gasteiger partial charge is 0.504 e. The second-order valence-corrected chi connectivity index (χ2v) is 17.9. The van der Waals surface area contributed by atoms with Crippen LogP contribution in [0.2, 0.25) is 0 Å². The van der Waals surface area contributed by atoms with E-state index in [1.165, 1.54) is 25.9 Å². The SMILES string of the molecule is COC(=O)[C@]12CCC(C)(C)C[C@@H]1C1=CC[C@H]3[C@@]4(C)CC[C@H](O)C(C)(C)[C@@H]4CC[C@@]3(C)[C@]1(COC(=O)/C=C/c1ccc(O)c(OC)c1)CC2. The standard InChI is InChI=1S/C41H58O7/c1-36(2)19-20-40(35(45)47-8)21-22-41(25-48-34(44)14-10-26-9-12-29(42)30(23-26)46-7)27(28(40)24-36)11-13-32-38(5)17-16-33(43)37(3,4)31(38)15-18-39(32,41)6/h9-12,14,23,28,31-33,42-43H,13,15-22,24-25H2,1-8H3/b14-10+/t28-,31+,32+,33+,38+,39-,40+,41+/m1/s1. The Morgan fingerprint density at radius 2 is 1.67 bits per heavy atom. The van der Waals surface area contributed by atoms with Gasteiger partial charge in [-0.05, 0) is 127 Å². The van der Waals surface area contributed by atoms with Gasteiger partial charge in [-0.3, -0.25) is 4.79 Å². The van der Waals surface area contributed by atoms with E-state index in [1.54, 1.807) is 24.3 Å². The van der Waals surface area contributed by atoms with Crippen molar-refractivity contribution in [2.45, 2.75) is 112 Å². The van der Waals surface area contributed by atoms with Crippen molar-refractivity contribution in [3.05, 3.63) is 41.5 Å². The fraction of sp³-hybridized carbons (Fsp3) is 0.707. The van der Waals surface area contributed by atoms with E-state index < -0.39 is 16.8 Å². The molecule has 7 heteroatoms. The van der Waals surface area contributed by atoms with Crippen LogP contribution in [-0.2, 0) is 19.1 Å². The highest BCUT2D eigenvalue weighted by Crippen LogP contribution is 2.76. The van der Waals surface area contributed by atoms with Crippen molar-refractivity contribution >= 4 is 18.0 Å². The van der Waals surface area contributed by atoms with Gasteiger partial charge in [-0.1, -0.05) is 59.3 Å². The molecule has 264 valence electrons. The van der Waals surface area contributed by atoms with Crippen LogP contribution in [0.25, 0.3) is 6.08 Å². The number of esters is 2. The van der Waals surface area contributed by atoms with E-state index in [0.717, 1.165) is 69.8 Å². The summed E-state index contributed by atoms with van der Waals surface area (Å²) < 4.78 is 17.1. The number of carbonyl (C=O) groups excluding carboxylic acids is 2. The van der Waals surface area contributed by atoms with E-state index >= 15 is 0 Å². The van der Waals surface area contributed by atoms with Crippen LogP contribution in [-0.4, -0.2) is 49.1 Å². The van der Waals surface area contributed by atoms with Gasteiger partial charge in [0.2, 0.25) is 0 Å². The lowest BCUT2D eigenvalue weighted by molar-refractivity contribution is -0.217. The van der Waals surface area contributed by atoms with E-state index in [2.05, 4.69) is 47.6 Å². The number of fused-ring (bicyclic) bond motifs is 7. The average Bonchev–Trinajstić information content (AvgIpc) is 3.04. The Morgan fingerprint density at radius 3 is 2.38 bits per heavy atom. The van der Waals surface area contributed by atoms with Crippen LogP contribution in [0.15, 0.2) is 35.9 Å². The lowest BCUT2D eigenvalue weighted by Crippen LogP contribution is -2.66. The van der Waals surface area contributed by atoms with Gasteiger partial charge >= 0.3 is 11.9 Å². The highest BCUT2D eigenvalue weighted by Gasteiger charge is 2.71. The monoisotopic (exact) mass is 662 g/mol. The number of aliphatic hydroxyl groups excluding tert-OH is 1. The molecule has 2 N–H and O–H groups in total. The van der Waals surface area contributed by atoms with Gasteiger partial charge in [-0.15, -0.1) is 0 Å². The van der Waals surface area contributed by atoms with Crippen LogP contribution in [0.5, 0.6) is 11.5 Å². The van der Waals surface area contributed by atoms with E-state index in [4.69, 9.17) is 14.2 Å². The highest BCUT2D eigenvalue weighted by atomic mass is 16.5. The summed E-state index contributed by atoms with van der Waals surface area (Å²) in [5, 5.41) is 21.1. The summed E-state index contributed by atoms with van der Waals surface area (Å²) in [6.07, 6.45) is 14.3. The Morgan fingerprint density at radius 1 is 0.938 bits per heavy atom. The minimum absolute atomic E-state index is 0.0362. The summed E-state index contributed by atoms with van der Waals surface area (Å²) >= 11 is 0. The van der Waals surface area contributed by atoms with E-state index in [0.29, 0.717) is 17.6 Å². The van der Waals surface area contributed by atoms with Crippen LogP contribution >= 0.6 is 0 Å². The number of carbonyl (C=O) groups is 2. The van der Waals surface area contributed by atoms with Crippen LogP contribution in [0.3, 0.4) is 0 Å². The first-order chi connectivity index (χ1) is 22.5. The maximum Gasteiger partial charge on any atom is 0.330 e. The molecule has 0 unspecified atom stereocenters. The van der Waals surface area contributed by atoms with Crippen LogP contribution in [0.4, 0.5) is 0 Å². The van der Waals surface area contributed by atoms with Gasteiger partial charge in [0.25, 0.3) is 0 Å². The molecule has 48 heavy (non-hydrogen) atoms. The molecular weight excluding hydrogens is 604 g/mol. The Bertz CT molecular complexity index is 1510. The van der Waals surface area contributed by atoms with Gasteiger partial charge in [-0.2, -0.15) is 0 Å².